The molecule has 0 saturated carbocycles. The SMILES string of the molecule is CC(C)OCC(=O)N1CCN(c2ccccc2F)CC1. The lowest BCUT2D eigenvalue weighted by molar-refractivity contribution is -0.137. The molecule has 1 heterocycles. The number of benzene rings is 1. The summed E-state index contributed by atoms with van der Waals surface area (Å²) in [6.07, 6.45) is 0.0543. The van der Waals surface area contributed by atoms with Gasteiger partial charge in [0, 0.05) is 26.2 Å². The standard InChI is InChI=1S/C15H21FN2O2/c1-12(2)20-11-15(19)18-9-7-17(8-10-18)14-6-4-3-5-13(14)16/h3-6,12H,7-11H2,1-2H3. The van der Waals surface area contributed by atoms with Crippen molar-refractivity contribution < 1.29 is 13.9 Å². The van der Waals surface area contributed by atoms with E-state index in [-0.39, 0.29) is 24.4 Å². The molecule has 0 spiro atoms. The molecular weight excluding hydrogens is 259 g/mol. The van der Waals surface area contributed by atoms with Crippen molar-refractivity contribution >= 4 is 11.6 Å². The van der Waals surface area contributed by atoms with Crippen molar-refractivity contribution in [2.75, 3.05) is 37.7 Å². The Morgan fingerprint density at radius 3 is 2.50 bits per heavy atom. The molecule has 0 unspecified atom stereocenters. The van der Waals surface area contributed by atoms with E-state index in [1.807, 2.05) is 24.8 Å². The molecule has 1 saturated heterocycles. The van der Waals surface area contributed by atoms with Gasteiger partial charge in [0.2, 0.25) is 5.91 Å². The molecule has 1 amide bonds. The average molecular weight is 280 g/mol. The van der Waals surface area contributed by atoms with Crippen LogP contribution in [-0.4, -0.2) is 49.7 Å². The first-order valence-corrected chi connectivity index (χ1v) is 6.97. The van der Waals surface area contributed by atoms with Gasteiger partial charge in [-0.15, -0.1) is 0 Å². The number of rotatable bonds is 4. The van der Waals surface area contributed by atoms with Crippen LogP contribution in [0.15, 0.2) is 24.3 Å². The van der Waals surface area contributed by atoms with Crippen LogP contribution in [0.3, 0.4) is 0 Å². The van der Waals surface area contributed by atoms with Crippen molar-refractivity contribution in [1.29, 1.82) is 0 Å². The molecule has 5 heteroatoms. The second-order valence-corrected chi connectivity index (χ2v) is 5.18. The Labute approximate surface area is 119 Å². The Morgan fingerprint density at radius 2 is 1.90 bits per heavy atom. The minimum Gasteiger partial charge on any atom is -0.369 e. The van der Waals surface area contributed by atoms with Gasteiger partial charge in [0.25, 0.3) is 0 Å². The van der Waals surface area contributed by atoms with E-state index in [9.17, 15) is 9.18 Å². The Kier molecular flexibility index (Phi) is 4.95. The van der Waals surface area contributed by atoms with E-state index in [4.69, 9.17) is 4.74 Å². The predicted molar refractivity (Wildman–Crippen MR) is 76.3 cm³/mol. The zero-order valence-electron chi connectivity index (χ0n) is 12.0. The van der Waals surface area contributed by atoms with E-state index in [1.165, 1.54) is 6.07 Å². The van der Waals surface area contributed by atoms with Crippen LogP contribution in [0, 0.1) is 5.82 Å². The van der Waals surface area contributed by atoms with E-state index >= 15 is 0 Å². The number of halogens is 1. The first-order chi connectivity index (χ1) is 9.58. The van der Waals surface area contributed by atoms with Gasteiger partial charge >= 0.3 is 0 Å². The van der Waals surface area contributed by atoms with Gasteiger partial charge in [0.05, 0.1) is 11.8 Å². The van der Waals surface area contributed by atoms with Gasteiger partial charge in [0.1, 0.15) is 12.4 Å². The summed E-state index contributed by atoms with van der Waals surface area (Å²) in [4.78, 5) is 15.7. The van der Waals surface area contributed by atoms with Crippen LogP contribution in [0.5, 0.6) is 0 Å². The van der Waals surface area contributed by atoms with Crippen molar-refractivity contribution in [3.8, 4) is 0 Å². The van der Waals surface area contributed by atoms with Crippen molar-refractivity contribution in [2.45, 2.75) is 20.0 Å². The quantitative estimate of drug-likeness (QED) is 0.844. The molecule has 1 aliphatic rings. The van der Waals surface area contributed by atoms with Crippen LogP contribution in [-0.2, 0) is 9.53 Å². The lowest BCUT2D eigenvalue weighted by atomic mass is 10.2. The highest BCUT2D eigenvalue weighted by molar-refractivity contribution is 5.77. The monoisotopic (exact) mass is 280 g/mol. The summed E-state index contributed by atoms with van der Waals surface area (Å²) in [7, 11) is 0. The van der Waals surface area contributed by atoms with Gasteiger partial charge in [-0.05, 0) is 26.0 Å². The molecule has 0 atom stereocenters. The fourth-order valence-corrected chi connectivity index (χ4v) is 2.23. The second-order valence-electron chi connectivity index (χ2n) is 5.18. The maximum atomic E-state index is 13.7. The number of carbonyl (C=O) groups excluding carboxylic acids is 1. The highest BCUT2D eigenvalue weighted by Crippen LogP contribution is 2.20. The minimum atomic E-state index is -0.213. The van der Waals surface area contributed by atoms with E-state index in [2.05, 4.69) is 0 Å². The highest BCUT2D eigenvalue weighted by atomic mass is 19.1. The van der Waals surface area contributed by atoms with Crippen LogP contribution in [0.2, 0.25) is 0 Å². The van der Waals surface area contributed by atoms with Crippen molar-refractivity contribution in [3.63, 3.8) is 0 Å². The zero-order valence-corrected chi connectivity index (χ0v) is 12.0. The lowest BCUT2D eigenvalue weighted by Crippen LogP contribution is -2.50. The average Bonchev–Trinajstić information content (AvgIpc) is 2.45. The minimum absolute atomic E-state index is 0.00637. The van der Waals surface area contributed by atoms with Gasteiger partial charge in [0.15, 0.2) is 0 Å². The normalized spacial score (nSPS) is 15.8. The van der Waals surface area contributed by atoms with Gasteiger partial charge in [-0.1, -0.05) is 12.1 Å². The summed E-state index contributed by atoms with van der Waals surface area (Å²) < 4.78 is 19.0. The maximum absolute atomic E-state index is 13.7. The van der Waals surface area contributed by atoms with Crippen LogP contribution < -0.4 is 4.90 Å². The number of carbonyl (C=O) groups is 1. The number of anilines is 1. The summed E-state index contributed by atoms with van der Waals surface area (Å²) in [6, 6.07) is 6.74. The summed E-state index contributed by atoms with van der Waals surface area (Å²) in [6.45, 7) is 6.44. The Morgan fingerprint density at radius 1 is 1.25 bits per heavy atom. The summed E-state index contributed by atoms with van der Waals surface area (Å²) in [5.41, 5.74) is 0.609. The molecule has 110 valence electrons. The van der Waals surface area contributed by atoms with Crippen LogP contribution >= 0.6 is 0 Å². The topological polar surface area (TPSA) is 32.8 Å². The molecule has 1 aromatic carbocycles. The van der Waals surface area contributed by atoms with Gasteiger partial charge in [-0.25, -0.2) is 4.39 Å². The predicted octanol–water partition coefficient (Wildman–Crippen LogP) is 1.90. The van der Waals surface area contributed by atoms with E-state index in [0.717, 1.165) is 0 Å². The molecule has 0 N–H and O–H groups in total. The zero-order chi connectivity index (χ0) is 14.5. The molecule has 2 rings (SSSR count). The van der Waals surface area contributed by atoms with Crippen LogP contribution in [0.4, 0.5) is 10.1 Å². The fraction of sp³-hybridized carbons (Fsp3) is 0.533. The number of hydrogen-bond donors (Lipinski definition) is 0. The van der Waals surface area contributed by atoms with Gasteiger partial charge < -0.3 is 14.5 Å². The van der Waals surface area contributed by atoms with Gasteiger partial charge in [-0.2, -0.15) is 0 Å². The Bertz CT molecular complexity index is 457. The molecule has 1 aliphatic heterocycles. The van der Waals surface area contributed by atoms with Crippen molar-refractivity contribution in [3.05, 3.63) is 30.1 Å². The smallest absolute Gasteiger partial charge is 0.248 e. The van der Waals surface area contributed by atoms with Crippen LogP contribution in [0.1, 0.15) is 13.8 Å². The lowest BCUT2D eigenvalue weighted by Gasteiger charge is -2.36. The first-order valence-electron chi connectivity index (χ1n) is 6.97. The number of ether oxygens (including phenoxy) is 1. The Balaban J connectivity index is 1.86. The molecule has 0 radical (unpaired) electrons. The fourth-order valence-electron chi connectivity index (χ4n) is 2.23. The second kappa shape index (κ2) is 6.70. The largest absolute Gasteiger partial charge is 0.369 e. The van der Waals surface area contributed by atoms with E-state index in [0.29, 0.717) is 31.9 Å². The maximum Gasteiger partial charge on any atom is 0.248 e. The number of para-hydroxylation sites is 1. The molecule has 1 fully saturated rings. The number of hydrogen-bond acceptors (Lipinski definition) is 3. The van der Waals surface area contributed by atoms with Crippen molar-refractivity contribution in [1.82, 2.24) is 4.90 Å². The number of nitrogens with zero attached hydrogens (tertiary/aromatic N) is 2. The molecule has 0 bridgehead atoms. The summed E-state index contributed by atoms with van der Waals surface area (Å²) in [5, 5.41) is 0. The Hall–Kier alpha value is -1.62. The molecular formula is C15H21FN2O2. The highest BCUT2D eigenvalue weighted by Gasteiger charge is 2.22. The molecule has 4 nitrogen and oxygen atoms in total. The third kappa shape index (κ3) is 3.70. The summed E-state index contributed by atoms with van der Waals surface area (Å²) >= 11 is 0. The van der Waals surface area contributed by atoms with E-state index in [1.54, 1.807) is 17.0 Å². The van der Waals surface area contributed by atoms with Crippen LogP contribution in [0.25, 0.3) is 0 Å². The molecule has 1 aromatic rings. The van der Waals surface area contributed by atoms with Gasteiger partial charge in [-0.3, -0.25) is 4.79 Å². The molecule has 0 aliphatic carbocycles. The molecule has 20 heavy (non-hydrogen) atoms. The summed E-state index contributed by atoms with van der Waals surface area (Å²) in [5.74, 6) is -0.206. The number of piperazine rings is 1. The third-order valence-corrected chi connectivity index (χ3v) is 3.37. The van der Waals surface area contributed by atoms with Crippen molar-refractivity contribution in [2.24, 2.45) is 0 Å². The first kappa shape index (κ1) is 14.8. The third-order valence-electron chi connectivity index (χ3n) is 3.37. The van der Waals surface area contributed by atoms with E-state index < -0.39 is 0 Å². The molecule has 0 aromatic heterocycles. The number of amides is 1.